The Morgan fingerprint density at radius 1 is 1.53 bits per heavy atom. The summed E-state index contributed by atoms with van der Waals surface area (Å²) < 4.78 is 0. The van der Waals surface area contributed by atoms with E-state index in [1.165, 1.54) is 19.3 Å². The van der Waals surface area contributed by atoms with Crippen LogP contribution in [0.4, 0.5) is 11.4 Å². The minimum Gasteiger partial charge on any atom is -0.396 e. The van der Waals surface area contributed by atoms with Gasteiger partial charge in [-0.15, -0.1) is 0 Å². The van der Waals surface area contributed by atoms with Crippen LogP contribution in [-0.4, -0.2) is 17.4 Å². The Hall–Kier alpha value is -2.22. The van der Waals surface area contributed by atoms with Crippen LogP contribution in [0, 0.1) is 11.8 Å². The SMILES string of the molecule is CC(=O)NCC#Cc1cncc(N)c1N. The zero-order valence-electron chi connectivity index (χ0n) is 8.37. The zero-order chi connectivity index (χ0) is 11.3. The van der Waals surface area contributed by atoms with Crippen LogP contribution in [0.2, 0.25) is 0 Å². The molecule has 0 atom stereocenters. The van der Waals surface area contributed by atoms with E-state index in [4.69, 9.17) is 11.5 Å². The molecule has 0 radical (unpaired) electrons. The zero-order valence-corrected chi connectivity index (χ0v) is 8.37. The molecule has 78 valence electrons. The first-order valence-corrected chi connectivity index (χ1v) is 4.33. The number of nitrogens with one attached hydrogen (secondary N) is 1. The van der Waals surface area contributed by atoms with Crippen LogP contribution in [0.5, 0.6) is 0 Å². The lowest BCUT2D eigenvalue weighted by atomic mass is 10.2. The fourth-order valence-electron chi connectivity index (χ4n) is 0.894. The average Bonchev–Trinajstić information content (AvgIpc) is 2.18. The number of pyridine rings is 1. The molecule has 0 aliphatic carbocycles. The highest BCUT2D eigenvalue weighted by atomic mass is 16.1. The second kappa shape index (κ2) is 4.86. The van der Waals surface area contributed by atoms with Gasteiger partial charge < -0.3 is 16.8 Å². The lowest BCUT2D eigenvalue weighted by molar-refractivity contribution is -0.118. The van der Waals surface area contributed by atoms with Crippen molar-refractivity contribution in [1.29, 1.82) is 0 Å². The summed E-state index contributed by atoms with van der Waals surface area (Å²) in [6.45, 7) is 1.71. The summed E-state index contributed by atoms with van der Waals surface area (Å²) in [5.74, 6) is 5.40. The summed E-state index contributed by atoms with van der Waals surface area (Å²) >= 11 is 0. The van der Waals surface area contributed by atoms with Gasteiger partial charge in [0.2, 0.25) is 5.91 Å². The van der Waals surface area contributed by atoms with Crippen LogP contribution in [0.3, 0.4) is 0 Å². The number of nitrogens with two attached hydrogens (primary N) is 2. The number of rotatable bonds is 1. The minimum absolute atomic E-state index is 0.122. The summed E-state index contributed by atoms with van der Waals surface area (Å²) in [6.07, 6.45) is 3.00. The molecule has 1 aromatic rings. The maximum Gasteiger partial charge on any atom is 0.217 e. The summed E-state index contributed by atoms with van der Waals surface area (Å²) in [7, 11) is 0. The standard InChI is InChI=1S/C10H12N4O/c1-7(15)14-4-2-3-8-5-13-6-9(11)10(8)12/h5-6H,4,11H2,1H3,(H2,12,13)(H,14,15). The predicted molar refractivity (Wildman–Crippen MR) is 58.6 cm³/mol. The van der Waals surface area contributed by atoms with Gasteiger partial charge in [-0.3, -0.25) is 9.78 Å². The molecule has 0 saturated carbocycles. The van der Waals surface area contributed by atoms with E-state index in [1.54, 1.807) is 0 Å². The number of carbonyl (C=O) groups is 1. The Kier molecular flexibility index (Phi) is 3.52. The maximum atomic E-state index is 10.5. The van der Waals surface area contributed by atoms with E-state index in [-0.39, 0.29) is 12.5 Å². The number of nitrogens with zero attached hydrogens (tertiary/aromatic N) is 1. The molecule has 1 rings (SSSR count). The first kappa shape index (κ1) is 10.9. The molecule has 5 N–H and O–H groups in total. The van der Waals surface area contributed by atoms with Crippen molar-refractivity contribution in [3.8, 4) is 11.8 Å². The van der Waals surface area contributed by atoms with Crippen LogP contribution >= 0.6 is 0 Å². The minimum atomic E-state index is -0.122. The van der Waals surface area contributed by atoms with Crippen LogP contribution in [0.25, 0.3) is 0 Å². The van der Waals surface area contributed by atoms with Gasteiger partial charge in [-0.1, -0.05) is 11.8 Å². The van der Waals surface area contributed by atoms with Gasteiger partial charge in [-0.2, -0.15) is 0 Å². The van der Waals surface area contributed by atoms with Crippen molar-refractivity contribution in [2.75, 3.05) is 18.0 Å². The number of anilines is 2. The average molecular weight is 204 g/mol. The van der Waals surface area contributed by atoms with E-state index >= 15 is 0 Å². The molecule has 15 heavy (non-hydrogen) atoms. The van der Waals surface area contributed by atoms with Crippen LogP contribution in [0.15, 0.2) is 12.4 Å². The topological polar surface area (TPSA) is 94.0 Å². The van der Waals surface area contributed by atoms with Crippen molar-refractivity contribution < 1.29 is 4.79 Å². The van der Waals surface area contributed by atoms with Crippen molar-refractivity contribution in [1.82, 2.24) is 10.3 Å². The predicted octanol–water partition coefficient (Wildman–Crippen LogP) is -0.266. The number of aromatic nitrogens is 1. The normalized spacial score (nSPS) is 8.87. The molecule has 1 amide bonds. The van der Waals surface area contributed by atoms with Crippen LogP contribution < -0.4 is 16.8 Å². The smallest absolute Gasteiger partial charge is 0.217 e. The first-order valence-electron chi connectivity index (χ1n) is 4.33. The molecule has 5 heteroatoms. The molecule has 5 nitrogen and oxygen atoms in total. The third kappa shape index (κ3) is 3.19. The van der Waals surface area contributed by atoms with Crippen LogP contribution in [0.1, 0.15) is 12.5 Å². The maximum absolute atomic E-state index is 10.5. The monoisotopic (exact) mass is 204 g/mol. The van der Waals surface area contributed by atoms with E-state index in [9.17, 15) is 4.79 Å². The second-order valence-corrected chi connectivity index (χ2v) is 2.90. The van der Waals surface area contributed by atoms with Gasteiger partial charge in [0.1, 0.15) is 0 Å². The molecule has 0 unspecified atom stereocenters. The fraction of sp³-hybridized carbons (Fsp3) is 0.200. The summed E-state index contributed by atoms with van der Waals surface area (Å²) in [5, 5.41) is 2.54. The van der Waals surface area contributed by atoms with Gasteiger partial charge in [0.25, 0.3) is 0 Å². The lowest BCUT2D eigenvalue weighted by Gasteiger charge is -2.00. The molecule has 0 saturated heterocycles. The second-order valence-electron chi connectivity index (χ2n) is 2.90. The van der Waals surface area contributed by atoms with Gasteiger partial charge in [-0.05, 0) is 0 Å². The molecule has 0 aromatic carbocycles. The Morgan fingerprint density at radius 3 is 2.93 bits per heavy atom. The quantitative estimate of drug-likeness (QED) is 0.549. The van der Waals surface area contributed by atoms with Gasteiger partial charge >= 0.3 is 0 Å². The summed E-state index contributed by atoms with van der Waals surface area (Å²) in [6, 6.07) is 0. The number of hydrogen-bond donors (Lipinski definition) is 3. The highest BCUT2D eigenvalue weighted by Gasteiger charge is 1.98. The van der Waals surface area contributed by atoms with Gasteiger partial charge in [0.05, 0.1) is 29.7 Å². The Balaban J connectivity index is 2.72. The van der Waals surface area contributed by atoms with Gasteiger partial charge in [0, 0.05) is 13.1 Å². The lowest BCUT2D eigenvalue weighted by Crippen LogP contribution is -2.19. The highest BCUT2D eigenvalue weighted by molar-refractivity contribution is 5.73. The summed E-state index contributed by atoms with van der Waals surface area (Å²) in [5.41, 5.74) is 12.6. The molecule has 1 aromatic heterocycles. The van der Waals surface area contributed by atoms with E-state index in [1.807, 2.05) is 0 Å². The van der Waals surface area contributed by atoms with E-state index in [0.717, 1.165) is 0 Å². The Bertz CT molecular complexity index is 431. The number of amides is 1. The number of hydrogen-bond acceptors (Lipinski definition) is 4. The van der Waals surface area contributed by atoms with Crippen LogP contribution in [-0.2, 0) is 4.79 Å². The number of carbonyl (C=O) groups excluding carboxylic acids is 1. The van der Waals surface area contributed by atoms with E-state index < -0.39 is 0 Å². The molecule has 0 bridgehead atoms. The van der Waals surface area contributed by atoms with Crippen molar-refractivity contribution in [3.63, 3.8) is 0 Å². The molecule has 0 aliphatic heterocycles. The molecule has 1 heterocycles. The molecular formula is C10H12N4O. The van der Waals surface area contributed by atoms with Crippen molar-refractivity contribution in [2.45, 2.75) is 6.92 Å². The molecular weight excluding hydrogens is 192 g/mol. The van der Waals surface area contributed by atoms with Crippen molar-refractivity contribution in [3.05, 3.63) is 18.0 Å². The largest absolute Gasteiger partial charge is 0.396 e. The van der Waals surface area contributed by atoms with Gasteiger partial charge in [-0.25, -0.2) is 0 Å². The Labute approximate surface area is 87.9 Å². The van der Waals surface area contributed by atoms with E-state index in [0.29, 0.717) is 16.9 Å². The van der Waals surface area contributed by atoms with Gasteiger partial charge in [0.15, 0.2) is 0 Å². The number of nitrogen functional groups attached to an aromatic ring is 2. The third-order valence-corrected chi connectivity index (χ3v) is 1.67. The van der Waals surface area contributed by atoms with Crippen molar-refractivity contribution >= 4 is 17.3 Å². The molecule has 0 aliphatic rings. The fourth-order valence-corrected chi connectivity index (χ4v) is 0.894. The first-order chi connectivity index (χ1) is 7.11. The van der Waals surface area contributed by atoms with E-state index in [2.05, 4.69) is 22.1 Å². The summed E-state index contributed by atoms with van der Waals surface area (Å²) in [4.78, 5) is 14.4. The highest BCUT2D eigenvalue weighted by Crippen LogP contribution is 2.15. The molecule has 0 spiro atoms. The molecule has 0 fully saturated rings. The Morgan fingerprint density at radius 2 is 2.27 bits per heavy atom. The van der Waals surface area contributed by atoms with Crippen molar-refractivity contribution in [2.24, 2.45) is 0 Å². The third-order valence-electron chi connectivity index (χ3n) is 1.67.